The third kappa shape index (κ3) is 4.36. The van der Waals surface area contributed by atoms with Crippen molar-refractivity contribution < 1.29 is 19.1 Å². The van der Waals surface area contributed by atoms with Crippen LogP contribution in [0.25, 0.3) is 11.1 Å². The maximum Gasteiger partial charge on any atom is 0.414 e. The maximum absolute atomic E-state index is 12.6. The summed E-state index contributed by atoms with van der Waals surface area (Å²) in [4.78, 5) is 26.0. The molecule has 0 radical (unpaired) electrons. The summed E-state index contributed by atoms with van der Waals surface area (Å²) in [6.45, 7) is 4.43. The van der Waals surface area contributed by atoms with Gasteiger partial charge in [0.15, 0.2) is 0 Å². The Bertz CT molecular complexity index is 1060. The van der Waals surface area contributed by atoms with Crippen LogP contribution in [0.3, 0.4) is 0 Å². The summed E-state index contributed by atoms with van der Waals surface area (Å²) in [7, 11) is 1.41. The van der Waals surface area contributed by atoms with Gasteiger partial charge in [-0.15, -0.1) is 0 Å². The number of rotatable bonds is 5. The Morgan fingerprint density at radius 2 is 2.00 bits per heavy atom. The SMILES string of the molecule is COC(=O)N1c2ccc(-c3cnn(C4CCNCC4)c3)c(OC[C@H]3CCC(=O)N3)c2CC[C@@H]1C. The number of piperidine rings is 1. The number of fused-ring (bicyclic) bond motifs is 1. The molecule has 0 spiro atoms. The summed E-state index contributed by atoms with van der Waals surface area (Å²) in [6.07, 6.45) is 8.66. The van der Waals surface area contributed by atoms with Gasteiger partial charge in [-0.25, -0.2) is 4.79 Å². The normalized spacial score (nSPS) is 22.9. The number of carbonyl (C=O) groups excluding carboxylic acids is 2. The third-order valence-corrected chi connectivity index (χ3v) is 7.23. The van der Waals surface area contributed by atoms with Crippen molar-refractivity contribution in [3.05, 3.63) is 30.1 Å². The highest BCUT2D eigenvalue weighted by atomic mass is 16.5. The van der Waals surface area contributed by atoms with E-state index in [1.165, 1.54) is 7.11 Å². The Hall–Kier alpha value is -3.07. The highest BCUT2D eigenvalue weighted by molar-refractivity contribution is 5.92. The fourth-order valence-corrected chi connectivity index (χ4v) is 5.31. The number of aromatic nitrogens is 2. The smallest absolute Gasteiger partial charge is 0.414 e. The molecule has 2 saturated heterocycles. The number of carbonyl (C=O) groups is 2. The lowest BCUT2D eigenvalue weighted by atomic mass is 9.92. The standard InChI is InChI=1S/C25H33N5O4/c1-16-3-5-21-22(30(16)25(32)33-2)7-6-20(24(21)34-15-18-4-8-23(31)28-18)17-13-27-29(14-17)19-9-11-26-12-10-19/h6-7,13-14,16,18-19,26H,3-5,8-12,15H2,1-2H3,(H,28,31)/t16-,18+/m0/s1. The average molecular weight is 468 g/mol. The van der Waals surface area contributed by atoms with E-state index in [4.69, 9.17) is 9.47 Å². The molecule has 0 unspecified atom stereocenters. The van der Waals surface area contributed by atoms with Crippen molar-refractivity contribution in [1.82, 2.24) is 20.4 Å². The number of hydrogen-bond donors (Lipinski definition) is 2. The number of nitrogens with one attached hydrogen (secondary N) is 2. The van der Waals surface area contributed by atoms with Crippen LogP contribution in [0.4, 0.5) is 10.5 Å². The number of ether oxygens (including phenoxy) is 2. The zero-order chi connectivity index (χ0) is 23.7. The van der Waals surface area contributed by atoms with Crippen LogP contribution in [0.15, 0.2) is 24.5 Å². The van der Waals surface area contributed by atoms with Gasteiger partial charge in [0, 0.05) is 35.3 Å². The topological polar surface area (TPSA) is 97.7 Å². The van der Waals surface area contributed by atoms with E-state index >= 15 is 0 Å². The highest BCUT2D eigenvalue weighted by Crippen LogP contribution is 2.43. The molecule has 3 aliphatic heterocycles. The molecule has 2 aromatic rings. The number of hydrogen-bond acceptors (Lipinski definition) is 6. The predicted octanol–water partition coefficient (Wildman–Crippen LogP) is 3.04. The molecule has 2 amide bonds. The van der Waals surface area contributed by atoms with E-state index in [0.717, 1.165) is 73.3 Å². The van der Waals surface area contributed by atoms with Crippen LogP contribution < -0.4 is 20.3 Å². The van der Waals surface area contributed by atoms with Crippen LogP contribution >= 0.6 is 0 Å². The van der Waals surface area contributed by atoms with Crippen LogP contribution in [0.2, 0.25) is 0 Å². The second-order valence-electron chi connectivity index (χ2n) is 9.47. The van der Waals surface area contributed by atoms with Gasteiger partial charge in [0.2, 0.25) is 5.91 Å². The molecule has 1 aromatic carbocycles. The van der Waals surface area contributed by atoms with Crippen molar-refractivity contribution in [3.63, 3.8) is 0 Å². The first-order valence-electron chi connectivity index (χ1n) is 12.3. The van der Waals surface area contributed by atoms with Gasteiger partial charge in [0.1, 0.15) is 12.4 Å². The van der Waals surface area contributed by atoms with Crippen LogP contribution in [0.5, 0.6) is 5.75 Å². The molecule has 0 aliphatic carbocycles. The van der Waals surface area contributed by atoms with Gasteiger partial charge in [0.05, 0.1) is 31.1 Å². The molecule has 2 atom stereocenters. The summed E-state index contributed by atoms with van der Waals surface area (Å²) in [6, 6.07) is 4.42. The molecular formula is C25H33N5O4. The van der Waals surface area contributed by atoms with Crippen molar-refractivity contribution >= 4 is 17.7 Å². The number of methoxy groups -OCH3 is 1. The molecule has 9 heteroatoms. The molecule has 182 valence electrons. The van der Waals surface area contributed by atoms with Gasteiger partial charge in [0.25, 0.3) is 0 Å². The lowest BCUT2D eigenvalue weighted by Crippen LogP contribution is -2.42. The second kappa shape index (κ2) is 9.66. The van der Waals surface area contributed by atoms with Gasteiger partial charge < -0.3 is 20.1 Å². The third-order valence-electron chi connectivity index (χ3n) is 7.23. The number of amides is 2. The highest BCUT2D eigenvalue weighted by Gasteiger charge is 2.33. The quantitative estimate of drug-likeness (QED) is 0.702. The molecule has 9 nitrogen and oxygen atoms in total. The average Bonchev–Trinajstić information content (AvgIpc) is 3.51. The number of benzene rings is 1. The van der Waals surface area contributed by atoms with Crippen molar-refractivity contribution in [2.24, 2.45) is 0 Å². The molecule has 4 heterocycles. The Morgan fingerprint density at radius 1 is 1.18 bits per heavy atom. The Labute approximate surface area is 199 Å². The molecule has 34 heavy (non-hydrogen) atoms. The monoisotopic (exact) mass is 467 g/mol. The molecule has 3 aliphatic rings. The molecule has 5 rings (SSSR count). The fraction of sp³-hybridized carbons (Fsp3) is 0.560. The van der Waals surface area contributed by atoms with Crippen molar-refractivity contribution in [1.29, 1.82) is 0 Å². The number of anilines is 1. The zero-order valence-electron chi connectivity index (χ0n) is 19.9. The molecule has 0 bridgehead atoms. The zero-order valence-corrected chi connectivity index (χ0v) is 19.9. The van der Waals surface area contributed by atoms with E-state index in [9.17, 15) is 9.59 Å². The molecule has 1 aromatic heterocycles. The van der Waals surface area contributed by atoms with Gasteiger partial charge in [-0.1, -0.05) is 0 Å². The van der Waals surface area contributed by atoms with E-state index in [1.54, 1.807) is 4.90 Å². The van der Waals surface area contributed by atoms with Crippen LogP contribution in [-0.4, -0.2) is 60.7 Å². The van der Waals surface area contributed by atoms with E-state index in [1.807, 2.05) is 25.3 Å². The molecular weight excluding hydrogens is 434 g/mol. The first-order valence-corrected chi connectivity index (χ1v) is 12.3. The van der Waals surface area contributed by atoms with Crippen molar-refractivity contribution in [2.75, 3.05) is 31.7 Å². The lowest BCUT2D eigenvalue weighted by molar-refractivity contribution is -0.119. The first kappa shape index (κ1) is 22.7. The van der Waals surface area contributed by atoms with E-state index in [2.05, 4.69) is 26.6 Å². The van der Waals surface area contributed by atoms with Crippen LogP contribution in [0, 0.1) is 0 Å². The largest absolute Gasteiger partial charge is 0.490 e. The van der Waals surface area contributed by atoms with Crippen LogP contribution in [-0.2, 0) is 16.0 Å². The maximum atomic E-state index is 12.6. The summed E-state index contributed by atoms with van der Waals surface area (Å²) in [5.74, 6) is 0.835. The van der Waals surface area contributed by atoms with Crippen LogP contribution in [0.1, 0.15) is 50.6 Å². The molecule has 2 fully saturated rings. The van der Waals surface area contributed by atoms with E-state index in [0.29, 0.717) is 19.1 Å². The minimum atomic E-state index is -0.367. The second-order valence-corrected chi connectivity index (χ2v) is 9.47. The van der Waals surface area contributed by atoms with E-state index in [-0.39, 0.29) is 24.1 Å². The summed E-state index contributed by atoms with van der Waals surface area (Å²) in [5.41, 5.74) is 3.78. The van der Waals surface area contributed by atoms with Crippen molar-refractivity contribution in [3.8, 4) is 16.9 Å². The fourth-order valence-electron chi connectivity index (χ4n) is 5.31. The summed E-state index contributed by atoms with van der Waals surface area (Å²) in [5, 5.41) is 11.1. The minimum Gasteiger partial charge on any atom is -0.490 e. The Balaban J connectivity index is 1.51. The molecule has 2 N–H and O–H groups in total. The van der Waals surface area contributed by atoms with Gasteiger partial charge in [-0.2, -0.15) is 5.10 Å². The Morgan fingerprint density at radius 3 is 2.74 bits per heavy atom. The number of nitrogens with zero attached hydrogens (tertiary/aromatic N) is 3. The van der Waals surface area contributed by atoms with Gasteiger partial charge in [-0.3, -0.25) is 14.4 Å². The van der Waals surface area contributed by atoms with Gasteiger partial charge >= 0.3 is 6.09 Å². The van der Waals surface area contributed by atoms with E-state index < -0.39 is 0 Å². The van der Waals surface area contributed by atoms with Crippen molar-refractivity contribution in [2.45, 2.75) is 63.6 Å². The lowest BCUT2D eigenvalue weighted by Gasteiger charge is -2.35. The van der Waals surface area contributed by atoms with Gasteiger partial charge in [-0.05, 0) is 64.3 Å². The predicted molar refractivity (Wildman–Crippen MR) is 128 cm³/mol. The minimum absolute atomic E-state index is 0.00658. The molecule has 0 saturated carbocycles. The first-order chi connectivity index (χ1) is 16.5. The summed E-state index contributed by atoms with van der Waals surface area (Å²) < 4.78 is 13.6. The Kier molecular flexibility index (Phi) is 6.45. The summed E-state index contributed by atoms with van der Waals surface area (Å²) >= 11 is 0.